The van der Waals surface area contributed by atoms with E-state index in [0.717, 1.165) is 12.8 Å². The number of nitrogens with two attached hydrogens (primary N) is 1. The van der Waals surface area contributed by atoms with E-state index in [9.17, 15) is 28.7 Å². The molecule has 1 aromatic rings. The van der Waals surface area contributed by atoms with Crippen LogP contribution in [0.25, 0.3) is 0 Å². The summed E-state index contributed by atoms with van der Waals surface area (Å²) in [7, 11) is 0. The summed E-state index contributed by atoms with van der Waals surface area (Å²) in [5.41, 5.74) is 6.21. The van der Waals surface area contributed by atoms with E-state index >= 15 is 0 Å². The predicted octanol–water partition coefficient (Wildman–Crippen LogP) is 2.88. The first-order valence-corrected chi connectivity index (χ1v) is 14.2. The van der Waals surface area contributed by atoms with Gasteiger partial charge >= 0.3 is 11.9 Å². The molecule has 42 heavy (non-hydrogen) atoms. The van der Waals surface area contributed by atoms with Crippen molar-refractivity contribution < 1.29 is 38.9 Å². The molecule has 2 amide bonds. The first-order chi connectivity index (χ1) is 19.5. The van der Waals surface area contributed by atoms with Crippen molar-refractivity contribution in [1.82, 2.24) is 10.2 Å². The Labute approximate surface area is 251 Å². The molecule has 6 N–H and O–H groups in total. The van der Waals surface area contributed by atoms with Gasteiger partial charge in [-0.1, -0.05) is 38.8 Å². The van der Waals surface area contributed by atoms with Crippen molar-refractivity contribution >= 4 is 41.0 Å². The molecule has 13 heteroatoms. The summed E-state index contributed by atoms with van der Waals surface area (Å²) in [5, 5.41) is 29.7. The van der Waals surface area contributed by atoms with Gasteiger partial charge in [-0.15, -0.1) is 0 Å². The fraction of sp³-hybridized carbons (Fsp3) is 0.586. The zero-order valence-corrected chi connectivity index (χ0v) is 25.6. The zero-order valence-electron chi connectivity index (χ0n) is 24.8. The molecule has 2 rings (SSSR count). The van der Waals surface area contributed by atoms with Gasteiger partial charge in [0.2, 0.25) is 11.8 Å². The van der Waals surface area contributed by atoms with Crippen molar-refractivity contribution in [3.63, 3.8) is 0 Å². The van der Waals surface area contributed by atoms with Crippen LogP contribution >= 0.6 is 11.6 Å². The number of amides is 2. The minimum atomic E-state index is -1.26. The lowest BCUT2D eigenvalue weighted by molar-refractivity contribution is -0.134. The molecule has 3 atom stereocenters. The van der Waals surface area contributed by atoms with Crippen LogP contribution in [-0.2, 0) is 19.2 Å². The maximum absolute atomic E-state index is 13.8. The van der Waals surface area contributed by atoms with Crippen molar-refractivity contribution in [2.24, 2.45) is 17.6 Å². The van der Waals surface area contributed by atoms with Gasteiger partial charge in [0, 0.05) is 49.3 Å². The smallest absolute Gasteiger partial charge is 0.328 e. The van der Waals surface area contributed by atoms with Gasteiger partial charge in [-0.2, -0.15) is 0 Å². The molecule has 1 aliphatic heterocycles. The lowest BCUT2D eigenvalue weighted by Crippen LogP contribution is -2.64. The van der Waals surface area contributed by atoms with Crippen molar-refractivity contribution in [2.75, 3.05) is 31.1 Å². The summed E-state index contributed by atoms with van der Waals surface area (Å²) in [6.45, 7) is 11.2. The number of halogens is 2. The number of carboxylic acid groups (broad SMARTS) is 2. The number of hydrogen-bond acceptors (Lipinski definition) is 7. The van der Waals surface area contributed by atoms with Crippen LogP contribution in [0.2, 0.25) is 5.02 Å². The summed E-state index contributed by atoms with van der Waals surface area (Å²) >= 11 is 6.23. The molecule has 1 aliphatic rings. The summed E-state index contributed by atoms with van der Waals surface area (Å²) in [5.74, 6) is -3.55. The third-order valence-electron chi connectivity index (χ3n) is 6.99. The highest BCUT2D eigenvalue weighted by Gasteiger charge is 2.40. The predicted molar refractivity (Wildman–Crippen MR) is 159 cm³/mol. The number of aliphatic hydroxyl groups is 1. The van der Waals surface area contributed by atoms with Crippen molar-refractivity contribution in [3.05, 3.63) is 41.2 Å². The van der Waals surface area contributed by atoms with Crippen LogP contribution in [0.5, 0.6) is 0 Å². The normalized spacial score (nSPS) is 17.4. The second kappa shape index (κ2) is 17.2. The second-order valence-corrected chi connectivity index (χ2v) is 11.6. The molecule has 1 saturated heterocycles. The molecule has 0 saturated carbocycles. The van der Waals surface area contributed by atoms with Gasteiger partial charge in [0.25, 0.3) is 0 Å². The molecule has 1 fully saturated rings. The van der Waals surface area contributed by atoms with E-state index in [1.165, 1.54) is 23.1 Å². The molecule has 0 aliphatic carbocycles. The molecule has 0 bridgehead atoms. The Bertz CT molecular complexity index is 1100. The summed E-state index contributed by atoms with van der Waals surface area (Å²) in [4.78, 5) is 48.1. The van der Waals surface area contributed by atoms with Crippen LogP contribution in [0.3, 0.4) is 0 Å². The van der Waals surface area contributed by atoms with E-state index in [4.69, 9.17) is 27.5 Å². The summed E-state index contributed by atoms with van der Waals surface area (Å²) in [6, 6.07) is 3.32. The standard InChI is InChI=1S/C25H40ClFN4O3.C4H4O4/c1-6-7-10-29-24(34)18(16(2)3)12-22(32)20(28)13-30-14-23(33)31(15-25(30,4)5)21-11-17(27)8-9-19(21)26;5-3(6)1-2-4(7)8/h8-9,11,16,18,20,22,32H,6-7,10,12-15,28H2,1-5H3,(H,29,34);1-2H,(H,5,6)(H,7,8)/t18-,20-,22-;/m0./s1. The van der Waals surface area contributed by atoms with Crippen LogP contribution in [0, 0.1) is 17.7 Å². The molecule has 0 unspecified atom stereocenters. The molecule has 236 valence electrons. The minimum Gasteiger partial charge on any atom is -0.478 e. The number of hydrogen-bond donors (Lipinski definition) is 5. The van der Waals surface area contributed by atoms with Gasteiger partial charge in [-0.25, -0.2) is 14.0 Å². The Kier molecular flexibility index (Phi) is 15.1. The third-order valence-corrected chi connectivity index (χ3v) is 7.31. The second-order valence-electron chi connectivity index (χ2n) is 11.2. The van der Waals surface area contributed by atoms with Crippen molar-refractivity contribution in [3.8, 4) is 0 Å². The van der Waals surface area contributed by atoms with Crippen LogP contribution in [-0.4, -0.2) is 87.8 Å². The number of aliphatic carboxylic acids is 2. The van der Waals surface area contributed by atoms with E-state index in [-0.39, 0.29) is 43.2 Å². The fourth-order valence-corrected chi connectivity index (χ4v) is 4.64. The molecule has 11 nitrogen and oxygen atoms in total. The number of rotatable bonds is 13. The number of aliphatic hydroxyl groups excluding tert-OH is 1. The Morgan fingerprint density at radius 1 is 1.19 bits per heavy atom. The average Bonchev–Trinajstić information content (AvgIpc) is 2.89. The Morgan fingerprint density at radius 3 is 2.31 bits per heavy atom. The number of benzene rings is 1. The SMILES string of the molecule is CCCCNC(=O)[C@@H](C[C@H](O)[C@@H](N)CN1CC(=O)N(c2cc(F)ccc2Cl)CC1(C)C)C(C)C.O=C(O)C=CC(=O)O. The maximum atomic E-state index is 13.8. The Morgan fingerprint density at radius 2 is 1.79 bits per heavy atom. The molecule has 0 aromatic heterocycles. The zero-order chi connectivity index (χ0) is 32.2. The van der Waals surface area contributed by atoms with Gasteiger partial charge in [0.1, 0.15) is 5.82 Å². The van der Waals surface area contributed by atoms with Gasteiger partial charge < -0.3 is 31.3 Å². The number of nitrogens with one attached hydrogen (secondary N) is 1. The molecule has 0 radical (unpaired) electrons. The van der Waals surface area contributed by atoms with Crippen LogP contribution < -0.4 is 16.0 Å². The minimum absolute atomic E-state index is 0.0565. The number of carboxylic acids is 2. The van der Waals surface area contributed by atoms with Crippen LogP contribution in [0.4, 0.5) is 10.1 Å². The number of carbonyl (C=O) groups excluding carboxylic acids is 2. The molecular weight excluding hydrogens is 571 g/mol. The lowest BCUT2D eigenvalue weighted by atomic mass is 9.87. The number of piperazine rings is 1. The van der Waals surface area contributed by atoms with Crippen LogP contribution in [0.15, 0.2) is 30.4 Å². The largest absolute Gasteiger partial charge is 0.478 e. The fourth-order valence-electron chi connectivity index (χ4n) is 4.42. The van der Waals surface area contributed by atoms with Crippen LogP contribution in [0.1, 0.15) is 53.9 Å². The number of unbranched alkanes of at least 4 members (excludes halogenated alkanes) is 1. The lowest BCUT2D eigenvalue weighted by Gasteiger charge is -2.47. The van der Waals surface area contributed by atoms with E-state index < -0.39 is 35.4 Å². The van der Waals surface area contributed by atoms with E-state index in [1.54, 1.807) is 0 Å². The third kappa shape index (κ3) is 12.0. The highest BCUT2D eigenvalue weighted by molar-refractivity contribution is 6.33. The molecule has 1 aromatic carbocycles. The molecule has 1 heterocycles. The number of anilines is 1. The van der Waals surface area contributed by atoms with Crippen molar-refractivity contribution in [2.45, 2.75) is 71.6 Å². The topological polar surface area (TPSA) is 173 Å². The number of nitrogens with zero attached hydrogens (tertiary/aromatic N) is 2. The number of carbonyl (C=O) groups is 4. The van der Waals surface area contributed by atoms with Crippen molar-refractivity contribution in [1.29, 1.82) is 0 Å². The first-order valence-electron chi connectivity index (χ1n) is 13.9. The Balaban J connectivity index is 0.000000962. The Hall–Kier alpha value is -3.06. The average molecular weight is 615 g/mol. The first kappa shape index (κ1) is 37.0. The molecule has 0 spiro atoms. The summed E-state index contributed by atoms with van der Waals surface area (Å²) in [6.07, 6.45) is 2.38. The quantitative estimate of drug-likeness (QED) is 0.165. The van der Waals surface area contributed by atoms with E-state index in [1.807, 2.05) is 32.6 Å². The maximum Gasteiger partial charge on any atom is 0.328 e. The monoisotopic (exact) mass is 614 g/mol. The van der Waals surface area contributed by atoms with Gasteiger partial charge in [0.05, 0.1) is 23.4 Å². The highest BCUT2D eigenvalue weighted by atomic mass is 35.5. The van der Waals surface area contributed by atoms with E-state index in [2.05, 4.69) is 12.2 Å². The molecular formula is C29H44ClFN4O7. The van der Waals surface area contributed by atoms with Gasteiger partial charge in [-0.05, 0) is 50.8 Å². The highest BCUT2D eigenvalue weighted by Crippen LogP contribution is 2.32. The summed E-state index contributed by atoms with van der Waals surface area (Å²) < 4.78 is 13.8. The van der Waals surface area contributed by atoms with E-state index in [0.29, 0.717) is 36.0 Å². The van der Waals surface area contributed by atoms with Gasteiger partial charge in [-0.3, -0.25) is 14.5 Å². The van der Waals surface area contributed by atoms with Gasteiger partial charge in [0.15, 0.2) is 0 Å².